The number of carbonyl (C=O) groups is 5. The summed E-state index contributed by atoms with van der Waals surface area (Å²) in [5.41, 5.74) is 22.8. The molecule has 1 aliphatic heterocycles. The number of carbonyl (C=O) groups excluding carboxylic acids is 5. The van der Waals surface area contributed by atoms with Crippen LogP contribution in [0.4, 0.5) is 0 Å². The molecule has 0 saturated heterocycles. The van der Waals surface area contributed by atoms with Gasteiger partial charge in [-0.1, -0.05) is 54.6 Å². The third kappa shape index (κ3) is 10.3. The summed E-state index contributed by atoms with van der Waals surface area (Å²) < 4.78 is 12.2. The van der Waals surface area contributed by atoms with Gasteiger partial charge >= 0.3 is 0 Å². The molecule has 4 aromatic carbocycles. The van der Waals surface area contributed by atoms with E-state index < -0.39 is 47.8 Å². The van der Waals surface area contributed by atoms with Gasteiger partial charge in [0.25, 0.3) is 5.91 Å². The first-order valence-electron chi connectivity index (χ1n) is 19.3. The van der Waals surface area contributed by atoms with Gasteiger partial charge in [0.15, 0.2) is 5.78 Å². The fourth-order valence-electron chi connectivity index (χ4n) is 6.93. The Bertz CT molecular complexity index is 2130. The van der Waals surface area contributed by atoms with E-state index in [1.807, 2.05) is 55.5 Å². The minimum atomic E-state index is -1.32. The third-order valence-electron chi connectivity index (χ3n) is 10.0. The van der Waals surface area contributed by atoms with Crippen LogP contribution < -0.4 is 42.6 Å². The predicted molar refractivity (Wildman–Crippen MR) is 222 cm³/mol. The zero-order valence-corrected chi connectivity index (χ0v) is 33.4. The van der Waals surface area contributed by atoms with Crippen LogP contribution in [0.2, 0.25) is 0 Å². The van der Waals surface area contributed by atoms with Gasteiger partial charge in [-0.2, -0.15) is 0 Å². The number of rotatable bonds is 14. The zero-order chi connectivity index (χ0) is 41.9. The quantitative estimate of drug-likeness (QED) is 0.110. The highest BCUT2D eigenvalue weighted by Gasteiger charge is 2.36. The summed E-state index contributed by atoms with van der Waals surface area (Å²) in [5.74, 6) is -1.74. The lowest BCUT2D eigenvalue weighted by Gasteiger charge is -2.32. The molecule has 58 heavy (non-hydrogen) atoms. The first-order chi connectivity index (χ1) is 27.9. The van der Waals surface area contributed by atoms with Crippen molar-refractivity contribution in [2.45, 2.75) is 57.8 Å². The smallest absolute Gasteiger partial charge is 0.252 e. The van der Waals surface area contributed by atoms with E-state index in [-0.39, 0.29) is 51.5 Å². The zero-order valence-electron chi connectivity index (χ0n) is 33.4. The molecule has 4 atom stereocenters. The number of Topliss-reactive ketones (excluding diaryl/α,β-unsaturated/α-hetero) is 1. The SMILES string of the molecule is CC(=O)[C@@H]1Cc2ccc(OCCN)c(c2)-c2cc(ccc2OCCN)[C@H](N(C)C(=O)[C@H](CCN)NC(=O)c2ccc(-c3ccccc3)cc2C)C(=O)N[C@@H](C)C(=O)N1. The Hall–Kier alpha value is -6.09. The summed E-state index contributed by atoms with van der Waals surface area (Å²) in [6.45, 7) is 5.60. The van der Waals surface area contributed by atoms with Crippen molar-refractivity contribution in [3.05, 3.63) is 107 Å². The highest BCUT2D eigenvalue weighted by molar-refractivity contribution is 6.00. The predicted octanol–water partition coefficient (Wildman–Crippen LogP) is 2.79. The summed E-state index contributed by atoms with van der Waals surface area (Å²) in [5, 5.41) is 8.37. The number of hydrogen-bond acceptors (Lipinski definition) is 10. The number of aryl methyl sites for hydroxylation is 1. The maximum atomic E-state index is 14.5. The molecule has 1 aliphatic rings. The molecule has 14 heteroatoms. The Balaban J connectivity index is 1.58. The van der Waals surface area contributed by atoms with Crippen LogP contribution in [0.5, 0.6) is 11.5 Å². The van der Waals surface area contributed by atoms with Crippen LogP contribution in [0.1, 0.15) is 53.4 Å². The van der Waals surface area contributed by atoms with Gasteiger partial charge in [-0.3, -0.25) is 24.0 Å². The highest BCUT2D eigenvalue weighted by Crippen LogP contribution is 2.40. The minimum absolute atomic E-state index is 0.0566. The molecule has 5 rings (SSSR count). The number of likely N-dealkylation sites (N-methyl/N-ethyl adjacent to an activating group) is 1. The lowest BCUT2D eigenvalue weighted by molar-refractivity contribution is -0.141. The molecule has 0 spiro atoms. The molecule has 0 unspecified atom stereocenters. The Morgan fingerprint density at radius 1 is 0.810 bits per heavy atom. The molecule has 306 valence electrons. The Morgan fingerprint density at radius 3 is 2.09 bits per heavy atom. The average molecular weight is 792 g/mol. The number of hydrogen-bond donors (Lipinski definition) is 6. The van der Waals surface area contributed by atoms with E-state index in [1.54, 1.807) is 36.4 Å². The Labute approximate surface area is 338 Å². The number of benzene rings is 4. The second-order valence-corrected chi connectivity index (χ2v) is 14.3. The average Bonchev–Trinajstić information content (AvgIpc) is 3.21. The molecule has 0 aromatic heterocycles. The highest BCUT2D eigenvalue weighted by atomic mass is 16.5. The fraction of sp³-hybridized carbons (Fsp3) is 0.341. The lowest BCUT2D eigenvalue weighted by atomic mass is 9.93. The monoisotopic (exact) mass is 791 g/mol. The Kier molecular flexibility index (Phi) is 14.7. The number of ether oxygens (including phenoxy) is 2. The van der Waals surface area contributed by atoms with E-state index in [9.17, 15) is 24.0 Å². The third-order valence-corrected chi connectivity index (χ3v) is 10.0. The van der Waals surface area contributed by atoms with Crippen LogP contribution in [0, 0.1) is 6.92 Å². The van der Waals surface area contributed by atoms with Crippen LogP contribution >= 0.6 is 0 Å². The maximum absolute atomic E-state index is 14.5. The molecule has 4 aromatic rings. The number of amides is 4. The van der Waals surface area contributed by atoms with Crippen molar-refractivity contribution in [2.24, 2.45) is 17.2 Å². The standard InChI is InChI=1S/C44H53N7O7/c1-26-22-31(30-8-6-5-7-9-30)11-13-33(26)42(54)49-36(16-17-45)44(56)51(4)40-32-12-15-39(58-21-19-47)35(25-32)34-23-29(10-14-38(34)57-20-18-46)24-37(28(3)52)50-41(53)27(2)48-43(40)55/h5-15,22-23,25,27,36-37,40H,16-21,24,45-47H2,1-4H3,(H,48,55)(H,49,54)(H,50,53)/t27-,36-,37-,40-/m0/s1. The van der Waals surface area contributed by atoms with Crippen molar-refractivity contribution in [1.82, 2.24) is 20.9 Å². The molecular weight excluding hydrogens is 739 g/mol. The maximum Gasteiger partial charge on any atom is 0.252 e. The lowest BCUT2D eigenvalue weighted by Crippen LogP contribution is -2.55. The fourth-order valence-corrected chi connectivity index (χ4v) is 6.93. The van der Waals surface area contributed by atoms with Gasteiger partial charge in [-0.05, 0) is 98.3 Å². The first-order valence-corrected chi connectivity index (χ1v) is 19.3. The van der Waals surface area contributed by atoms with E-state index in [0.29, 0.717) is 44.9 Å². The van der Waals surface area contributed by atoms with Crippen molar-refractivity contribution >= 4 is 29.4 Å². The largest absolute Gasteiger partial charge is 0.492 e. The van der Waals surface area contributed by atoms with E-state index in [4.69, 9.17) is 26.7 Å². The van der Waals surface area contributed by atoms with Gasteiger partial charge in [0.1, 0.15) is 42.8 Å². The number of nitrogens with zero attached hydrogens (tertiary/aromatic N) is 1. The van der Waals surface area contributed by atoms with Crippen LogP contribution in [-0.2, 0) is 25.6 Å². The number of ketones is 1. The summed E-state index contributed by atoms with van der Waals surface area (Å²) in [7, 11) is 1.46. The normalized spacial score (nSPS) is 17.2. The van der Waals surface area contributed by atoms with Gasteiger partial charge in [-0.15, -0.1) is 0 Å². The van der Waals surface area contributed by atoms with E-state index >= 15 is 0 Å². The second-order valence-electron chi connectivity index (χ2n) is 14.3. The van der Waals surface area contributed by atoms with Crippen molar-refractivity contribution in [2.75, 3.05) is 39.9 Å². The van der Waals surface area contributed by atoms with Crippen molar-refractivity contribution in [1.29, 1.82) is 0 Å². The molecule has 14 nitrogen and oxygen atoms in total. The minimum Gasteiger partial charge on any atom is -0.492 e. The molecule has 1 heterocycles. The van der Waals surface area contributed by atoms with E-state index in [0.717, 1.165) is 11.1 Å². The van der Waals surface area contributed by atoms with Gasteiger partial charge in [-0.25, -0.2) is 0 Å². The molecule has 0 aliphatic carbocycles. The van der Waals surface area contributed by atoms with Crippen molar-refractivity contribution < 1.29 is 33.4 Å². The number of fused-ring (bicyclic) bond motifs is 5. The van der Waals surface area contributed by atoms with Crippen LogP contribution in [0.3, 0.4) is 0 Å². The summed E-state index contributed by atoms with van der Waals surface area (Å²) in [6.07, 6.45) is 0.233. The van der Waals surface area contributed by atoms with E-state index in [2.05, 4.69) is 16.0 Å². The molecule has 0 saturated carbocycles. The van der Waals surface area contributed by atoms with Crippen LogP contribution in [0.25, 0.3) is 22.3 Å². The summed E-state index contributed by atoms with van der Waals surface area (Å²) in [4.78, 5) is 70.2. The molecule has 4 bridgehead atoms. The molecule has 0 fully saturated rings. The van der Waals surface area contributed by atoms with Gasteiger partial charge in [0, 0.05) is 36.8 Å². The molecule has 9 N–H and O–H groups in total. The molecule has 0 radical (unpaired) electrons. The van der Waals surface area contributed by atoms with Crippen molar-refractivity contribution in [3.8, 4) is 33.8 Å². The van der Waals surface area contributed by atoms with E-state index in [1.165, 1.54) is 25.8 Å². The number of nitrogens with two attached hydrogens (primary N) is 3. The van der Waals surface area contributed by atoms with Gasteiger partial charge < -0.3 is 47.5 Å². The number of nitrogens with one attached hydrogen (secondary N) is 3. The second kappa shape index (κ2) is 19.9. The molecular formula is C44H53N7O7. The van der Waals surface area contributed by atoms with Crippen molar-refractivity contribution in [3.63, 3.8) is 0 Å². The Morgan fingerprint density at radius 2 is 1.47 bits per heavy atom. The van der Waals surface area contributed by atoms with Gasteiger partial charge in [0.2, 0.25) is 17.7 Å². The first kappa shape index (κ1) is 43.0. The van der Waals surface area contributed by atoms with Crippen LogP contribution in [0.15, 0.2) is 84.9 Å². The summed E-state index contributed by atoms with van der Waals surface area (Å²) in [6, 6.07) is 21.2. The van der Waals surface area contributed by atoms with Crippen LogP contribution in [-0.4, -0.2) is 92.3 Å². The topological polar surface area (TPSA) is 221 Å². The molecule has 4 amide bonds. The summed E-state index contributed by atoms with van der Waals surface area (Å²) >= 11 is 0. The van der Waals surface area contributed by atoms with Gasteiger partial charge in [0.05, 0.1) is 6.04 Å².